The summed E-state index contributed by atoms with van der Waals surface area (Å²) in [6, 6.07) is 10.1. The first-order chi connectivity index (χ1) is 12.1. The minimum absolute atomic E-state index is 0.0736. The fraction of sp³-hybridized carbons (Fsp3) is 0.450. The third-order valence-corrected chi connectivity index (χ3v) is 5.51. The molecular weight excluding hydrogens is 314 g/mol. The molecule has 2 aromatic rings. The van der Waals surface area contributed by atoms with Crippen LogP contribution in [0.3, 0.4) is 0 Å². The summed E-state index contributed by atoms with van der Waals surface area (Å²) in [5.41, 5.74) is 4.38. The Morgan fingerprint density at radius 3 is 2.92 bits per heavy atom. The maximum absolute atomic E-state index is 12.8. The summed E-state index contributed by atoms with van der Waals surface area (Å²) in [7, 11) is 1.67. The van der Waals surface area contributed by atoms with E-state index in [9.17, 15) is 9.59 Å². The van der Waals surface area contributed by atoms with Crippen LogP contribution < -0.4 is 10.9 Å². The number of nitrogens with zero attached hydrogens (tertiary/aromatic N) is 2. The molecule has 5 heteroatoms. The lowest BCUT2D eigenvalue weighted by molar-refractivity contribution is -0.126. The molecule has 1 amide bonds. The summed E-state index contributed by atoms with van der Waals surface area (Å²) in [5, 5.41) is 7.58. The molecule has 5 nitrogen and oxygen atoms in total. The van der Waals surface area contributed by atoms with Crippen LogP contribution in [0, 0.1) is 5.92 Å². The van der Waals surface area contributed by atoms with Crippen molar-refractivity contribution in [1.82, 2.24) is 15.1 Å². The van der Waals surface area contributed by atoms with E-state index in [-0.39, 0.29) is 23.4 Å². The molecule has 0 aliphatic heterocycles. The van der Waals surface area contributed by atoms with Gasteiger partial charge in [-0.2, -0.15) is 5.10 Å². The smallest absolute Gasteiger partial charge is 0.266 e. The molecule has 4 rings (SSSR count). The Bertz CT molecular complexity index is 871. The van der Waals surface area contributed by atoms with Gasteiger partial charge in [-0.15, -0.1) is 0 Å². The quantitative estimate of drug-likeness (QED) is 0.912. The molecule has 0 unspecified atom stereocenters. The zero-order chi connectivity index (χ0) is 17.4. The van der Waals surface area contributed by atoms with Crippen molar-refractivity contribution in [2.24, 2.45) is 13.0 Å². The van der Waals surface area contributed by atoms with Crippen LogP contribution in [-0.4, -0.2) is 15.7 Å². The van der Waals surface area contributed by atoms with E-state index in [1.165, 1.54) is 15.8 Å². The highest BCUT2D eigenvalue weighted by Crippen LogP contribution is 2.30. The number of aryl methyl sites for hydroxylation is 3. The molecule has 25 heavy (non-hydrogen) atoms. The number of nitrogens with one attached hydrogen (secondary N) is 1. The van der Waals surface area contributed by atoms with Crippen molar-refractivity contribution in [2.75, 3.05) is 0 Å². The predicted octanol–water partition coefficient (Wildman–Crippen LogP) is 2.08. The topological polar surface area (TPSA) is 64.0 Å². The molecule has 0 radical (unpaired) electrons. The highest BCUT2D eigenvalue weighted by molar-refractivity contribution is 5.80. The lowest BCUT2D eigenvalue weighted by Gasteiger charge is -2.29. The minimum Gasteiger partial charge on any atom is -0.349 e. The third kappa shape index (κ3) is 3.11. The van der Waals surface area contributed by atoms with Gasteiger partial charge in [-0.25, -0.2) is 4.68 Å². The number of benzene rings is 1. The molecule has 0 bridgehead atoms. The van der Waals surface area contributed by atoms with E-state index in [1.807, 2.05) is 6.07 Å². The molecule has 130 valence electrons. The Morgan fingerprint density at radius 2 is 2.04 bits per heavy atom. The van der Waals surface area contributed by atoms with Crippen molar-refractivity contribution in [1.29, 1.82) is 0 Å². The van der Waals surface area contributed by atoms with Gasteiger partial charge in [0.1, 0.15) is 0 Å². The van der Waals surface area contributed by atoms with Gasteiger partial charge in [0.25, 0.3) is 5.56 Å². The van der Waals surface area contributed by atoms with E-state index in [0.29, 0.717) is 6.42 Å². The van der Waals surface area contributed by atoms with Gasteiger partial charge in [0, 0.05) is 19.0 Å². The lowest BCUT2D eigenvalue weighted by atomic mass is 9.84. The van der Waals surface area contributed by atoms with E-state index >= 15 is 0 Å². The zero-order valence-electron chi connectivity index (χ0n) is 14.5. The average molecular weight is 337 g/mol. The molecule has 0 fully saturated rings. The van der Waals surface area contributed by atoms with E-state index < -0.39 is 0 Å². The van der Waals surface area contributed by atoms with Crippen molar-refractivity contribution in [2.45, 2.75) is 44.6 Å². The highest BCUT2D eigenvalue weighted by Gasteiger charge is 2.29. The lowest BCUT2D eigenvalue weighted by Crippen LogP contribution is -2.38. The molecule has 1 aromatic heterocycles. The van der Waals surface area contributed by atoms with Crippen LogP contribution in [0.5, 0.6) is 0 Å². The van der Waals surface area contributed by atoms with Crippen LogP contribution in [0.25, 0.3) is 0 Å². The molecule has 0 saturated carbocycles. The van der Waals surface area contributed by atoms with E-state index in [4.69, 9.17) is 0 Å². The Hall–Kier alpha value is -2.43. The second-order valence-corrected chi connectivity index (χ2v) is 7.17. The second kappa shape index (κ2) is 6.47. The largest absolute Gasteiger partial charge is 0.349 e. The van der Waals surface area contributed by atoms with Gasteiger partial charge in [-0.3, -0.25) is 9.59 Å². The fourth-order valence-electron chi connectivity index (χ4n) is 4.10. The van der Waals surface area contributed by atoms with Crippen molar-refractivity contribution in [3.05, 3.63) is 63.1 Å². The maximum Gasteiger partial charge on any atom is 0.266 e. The standard InChI is InChI=1S/C20H23N3O2/c1-23-19(24)12-15-11-14(9-10-17(15)22-23)20(25)21-18-8-4-6-13-5-2-3-7-16(13)18/h2-3,5,7,12,14,18H,4,6,8-11H2,1H3,(H,21,25)/t14-,18+/m0/s1. The first-order valence-corrected chi connectivity index (χ1v) is 9.06. The SMILES string of the molecule is Cn1nc2c(cc1=O)C[C@@H](C(=O)N[C@@H]1CCCc3ccccc31)CC2. The van der Waals surface area contributed by atoms with E-state index in [1.54, 1.807) is 13.1 Å². The summed E-state index contributed by atoms with van der Waals surface area (Å²) in [6.07, 6.45) is 5.34. The second-order valence-electron chi connectivity index (χ2n) is 7.17. The summed E-state index contributed by atoms with van der Waals surface area (Å²) < 4.78 is 1.37. The number of amides is 1. The first-order valence-electron chi connectivity index (χ1n) is 9.06. The number of aromatic nitrogens is 2. The van der Waals surface area contributed by atoms with Crippen molar-refractivity contribution in [3.8, 4) is 0 Å². The Labute approximate surface area is 147 Å². The molecule has 0 spiro atoms. The van der Waals surface area contributed by atoms with Crippen LogP contribution in [0.2, 0.25) is 0 Å². The number of carbonyl (C=O) groups is 1. The molecule has 0 saturated heterocycles. The summed E-state index contributed by atoms with van der Waals surface area (Å²) in [5.74, 6) is 0.0310. The van der Waals surface area contributed by atoms with Crippen LogP contribution in [0.4, 0.5) is 0 Å². The van der Waals surface area contributed by atoms with Crippen LogP contribution in [0.1, 0.15) is 47.7 Å². The normalized spacial score (nSPS) is 22.0. The van der Waals surface area contributed by atoms with Crippen LogP contribution >= 0.6 is 0 Å². The van der Waals surface area contributed by atoms with Gasteiger partial charge < -0.3 is 5.32 Å². The van der Waals surface area contributed by atoms with Crippen molar-refractivity contribution in [3.63, 3.8) is 0 Å². The number of carbonyl (C=O) groups excluding carboxylic acids is 1. The van der Waals surface area contributed by atoms with E-state index in [0.717, 1.165) is 43.4 Å². The zero-order valence-corrected chi connectivity index (χ0v) is 14.5. The molecule has 1 heterocycles. The Kier molecular flexibility index (Phi) is 4.15. The molecular formula is C20H23N3O2. The minimum atomic E-state index is -0.110. The fourth-order valence-corrected chi connectivity index (χ4v) is 4.10. The van der Waals surface area contributed by atoms with Gasteiger partial charge in [0.15, 0.2) is 0 Å². The van der Waals surface area contributed by atoms with Crippen molar-refractivity contribution >= 4 is 5.91 Å². The van der Waals surface area contributed by atoms with Gasteiger partial charge >= 0.3 is 0 Å². The van der Waals surface area contributed by atoms with Crippen molar-refractivity contribution < 1.29 is 4.79 Å². The summed E-state index contributed by atoms with van der Waals surface area (Å²) >= 11 is 0. The number of fused-ring (bicyclic) bond motifs is 2. The number of rotatable bonds is 2. The number of hydrogen-bond donors (Lipinski definition) is 1. The molecule has 2 atom stereocenters. The van der Waals surface area contributed by atoms with Gasteiger partial charge in [0.2, 0.25) is 5.91 Å². The Balaban J connectivity index is 1.49. The van der Waals surface area contributed by atoms with Gasteiger partial charge in [-0.1, -0.05) is 24.3 Å². The van der Waals surface area contributed by atoms with Crippen LogP contribution in [0.15, 0.2) is 35.1 Å². The highest BCUT2D eigenvalue weighted by atomic mass is 16.2. The molecule has 1 N–H and O–H groups in total. The average Bonchev–Trinajstić information content (AvgIpc) is 2.62. The van der Waals surface area contributed by atoms with E-state index in [2.05, 4.69) is 28.6 Å². The molecule has 2 aliphatic rings. The monoisotopic (exact) mass is 337 g/mol. The predicted molar refractivity (Wildman–Crippen MR) is 95.3 cm³/mol. The summed E-state index contributed by atoms with van der Waals surface area (Å²) in [4.78, 5) is 24.6. The summed E-state index contributed by atoms with van der Waals surface area (Å²) in [6.45, 7) is 0. The first kappa shape index (κ1) is 16.1. The Morgan fingerprint density at radius 1 is 1.20 bits per heavy atom. The van der Waals surface area contributed by atoms with Crippen LogP contribution in [-0.2, 0) is 31.1 Å². The molecule has 1 aromatic carbocycles. The molecule has 2 aliphatic carbocycles. The van der Waals surface area contributed by atoms with Gasteiger partial charge in [0.05, 0.1) is 11.7 Å². The third-order valence-electron chi connectivity index (χ3n) is 5.51. The number of hydrogen-bond acceptors (Lipinski definition) is 3. The van der Waals surface area contributed by atoms with Gasteiger partial charge in [-0.05, 0) is 55.2 Å². The maximum atomic E-state index is 12.8.